The minimum Gasteiger partial charge on any atom is -0.496 e. The Morgan fingerprint density at radius 1 is 1.07 bits per heavy atom. The highest BCUT2D eigenvalue weighted by Gasteiger charge is 2.53. The largest absolute Gasteiger partial charge is 0.496 e. The van der Waals surface area contributed by atoms with E-state index >= 15 is 8.78 Å². The van der Waals surface area contributed by atoms with Gasteiger partial charge in [-0.25, -0.2) is 8.42 Å². The Hall–Kier alpha value is -2.28. The van der Waals surface area contributed by atoms with Crippen LogP contribution in [0.3, 0.4) is 0 Å². The van der Waals surface area contributed by atoms with E-state index in [0.717, 1.165) is 25.0 Å². The summed E-state index contributed by atoms with van der Waals surface area (Å²) in [7, 11) is -3.20. The highest BCUT2D eigenvalue weighted by atomic mass is 79.9. The van der Waals surface area contributed by atoms with Gasteiger partial charge in [0.15, 0.2) is 6.04 Å². The molecular formula is C30H38BrF2N3O5S. The summed E-state index contributed by atoms with van der Waals surface area (Å²) in [5.41, 5.74) is 5.60. The topological polar surface area (TPSA) is 111 Å². The van der Waals surface area contributed by atoms with Gasteiger partial charge in [-0.3, -0.25) is 4.79 Å². The van der Waals surface area contributed by atoms with Crippen molar-refractivity contribution in [2.75, 3.05) is 13.7 Å². The van der Waals surface area contributed by atoms with Crippen LogP contribution in [0.2, 0.25) is 0 Å². The third-order valence-electron chi connectivity index (χ3n) is 8.79. The minimum absolute atomic E-state index is 0.128. The molecule has 3 aliphatic rings. The van der Waals surface area contributed by atoms with E-state index in [9.17, 15) is 13.2 Å². The number of amides is 1. The van der Waals surface area contributed by atoms with Gasteiger partial charge in [-0.15, -0.1) is 0 Å². The number of piperidine rings is 1. The smallest absolute Gasteiger partial charge is 0.298 e. The number of hydrogen-bond donors (Lipinski definition) is 2. The van der Waals surface area contributed by atoms with Gasteiger partial charge >= 0.3 is 0 Å². The molecule has 3 fully saturated rings. The maximum absolute atomic E-state index is 16.3. The molecule has 2 aromatic rings. The van der Waals surface area contributed by atoms with Crippen LogP contribution in [0.1, 0.15) is 63.4 Å². The Morgan fingerprint density at radius 2 is 1.71 bits per heavy atom. The van der Waals surface area contributed by atoms with Gasteiger partial charge < -0.3 is 20.1 Å². The second-order valence-corrected chi connectivity index (χ2v) is 14.2. The first-order valence-corrected chi connectivity index (χ1v) is 16.8. The molecule has 0 radical (unpaired) electrons. The predicted octanol–water partition coefficient (Wildman–Crippen LogP) is 5.34. The SMILES string of the molecule is COc1cc(C(F)(F)C(NS(=O)(=O)c2ccc(OCC3CCCCC3)cc2)C(=O)N2C3CCC2CC(N)C3)ccc1Br. The fourth-order valence-corrected chi connectivity index (χ4v) is 8.15. The van der Waals surface area contributed by atoms with Gasteiger partial charge in [0.25, 0.3) is 5.92 Å². The van der Waals surface area contributed by atoms with Gasteiger partial charge in [-0.2, -0.15) is 13.5 Å². The van der Waals surface area contributed by atoms with Crippen molar-refractivity contribution < 1.29 is 31.5 Å². The number of carbonyl (C=O) groups excluding carboxylic acids is 1. The number of methoxy groups -OCH3 is 1. The summed E-state index contributed by atoms with van der Waals surface area (Å²) in [4.78, 5) is 15.1. The Morgan fingerprint density at radius 3 is 2.33 bits per heavy atom. The van der Waals surface area contributed by atoms with Crippen LogP contribution in [0.5, 0.6) is 11.5 Å². The van der Waals surface area contributed by atoms with E-state index < -0.39 is 33.5 Å². The number of benzene rings is 2. The van der Waals surface area contributed by atoms with E-state index in [2.05, 4.69) is 20.7 Å². The Balaban J connectivity index is 1.41. The van der Waals surface area contributed by atoms with Crippen molar-refractivity contribution >= 4 is 31.9 Å². The van der Waals surface area contributed by atoms with E-state index in [0.29, 0.717) is 48.4 Å². The number of alkyl halides is 2. The van der Waals surface area contributed by atoms with Gasteiger partial charge in [-0.05, 0) is 96.8 Å². The maximum atomic E-state index is 16.3. The van der Waals surface area contributed by atoms with Crippen molar-refractivity contribution in [3.63, 3.8) is 0 Å². The lowest BCUT2D eigenvalue weighted by atomic mass is 9.90. The summed E-state index contributed by atoms with van der Waals surface area (Å²) < 4.78 is 73.3. The predicted molar refractivity (Wildman–Crippen MR) is 158 cm³/mol. The molecule has 3 N–H and O–H groups in total. The normalized spacial score (nSPS) is 23.9. The molecule has 2 bridgehead atoms. The van der Waals surface area contributed by atoms with Crippen LogP contribution in [0.25, 0.3) is 0 Å². The van der Waals surface area contributed by atoms with E-state index in [1.165, 1.54) is 61.6 Å². The Kier molecular flexibility index (Phi) is 9.46. The standard InChI is InChI=1S/C30H38BrF2N3O5S/c1-40-27-15-20(7-14-26(27)31)30(32,33)28(29(37)36-22-8-9-23(36)17-21(34)16-22)35-42(38,39)25-12-10-24(11-13-25)41-18-19-5-3-2-4-6-19/h7,10-15,19,21-23,28,35H,2-6,8-9,16-18,34H2,1H3. The number of nitrogens with two attached hydrogens (primary N) is 1. The third kappa shape index (κ3) is 6.61. The molecule has 12 heteroatoms. The molecule has 2 saturated heterocycles. The van der Waals surface area contributed by atoms with Crippen LogP contribution in [-0.4, -0.2) is 57.1 Å². The molecule has 1 amide bonds. The zero-order valence-corrected chi connectivity index (χ0v) is 26.0. The number of halogens is 3. The van der Waals surface area contributed by atoms with E-state index in [1.807, 2.05) is 0 Å². The average molecular weight is 671 g/mol. The maximum Gasteiger partial charge on any atom is 0.298 e. The molecule has 8 nitrogen and oxygen atoms in total. The Bertz CT molecular complexity index is 1360. The third-order valence-corrected chi connectivity index (χ3v) is 10.9. The zero-order chi connectivity index (χ0) is 30.1. The summed E-state index contributed by atoms with van der Waals surface area (Å²) in [6, 6.07) is 6.16. The lowest BCUT2D eigenvalue weighted by molar-refractivity contribution is -0.149. The number of sulfonamides is 1. The van der Waals surface area contributed by atoms with Gasteiger partial charge in [0, 0.05) is 23.7 Å². The van der Waals surface area contributed by atoms with Crippen molar-refractivity contribution in [2.45, 2.75) is 92.8 Å². The highest BCUT2D eigenvalue weighted by molar-refractivity contribution is 9.10. The first-order chi connectivity index (χ1) is 20.0. The minimum atomic E-state index is -4.53. The van der Waals surface area contributed by atoms with Gasteiger partial charge in [-0.1, -0.05) is 25.3 Å². The molecule has 3 unspecified atom stereocenters. The number of fused-ring (bicyclic) bond motifs is 2. The first kappa shape index (κ1) is 31.2. The molecule has 3 atom stereocenters. The van der Waals surface area contributed by atoms with Crippen LogP contribution < -0.4 is 19.9 Å². The molecule has 230 valence electrons. The van der Waals surface area contributed by atoms with E-state index in [4.69, 9.17) is 15.2 Å². The zero-order valence-electron chi connectivity index (χ0n) is 23.6. The van der Waals surface area contributed by atoms with Gasteiger partial charge in [0.1, 0.15) is 11.5 Å². The quantitative estimate of drug-likeness (QED) is 0.354. The summed E-state index contributed by atoms with van der Waals surface area (Å²) in [5.74, 6) is -3.76. The molecular weight excluding hydrogens is 632 g/mol. The lowest BCUT2D eigenvalue weighted by Gasteiger charge is -2.41. The molecule has 0 spiro atoms. The van der Waals surface area contributed by atoms with Crippen molar-refractivity contribution in [2.24, 2.45) is 11.7 Å². The number of ether oxygens (including phenoxy) is 2. The monoisotopic (exact) mass is 669 g/mol. The van der Waals surface area contributed by atoms with Crippen LogP contribution >= 0.6 is 15.9 Å². The lowest BCUT2D eigenvalue weighted by Crippen LogP contribution is -2.60. The van der Waals surface area contributed by atoms with Crippen molar-refractivity contribution in [3.8, 4) is 11.5 Å². The summed E-state index contributed by atoms with van der Waals surface area (Å²) in [6.45, 7) is 0.547. The molecule has 2 aromatic carbocycles. The number of carbonyl (C=O) groups is 1. The molecule has 1 saturated carbocycles. The first-order valence-electron chi connectivity index (χ1n) is 14.5. The van der Waals surface area contributed by atoms with Crippen molar-refractivity contribution in [1.82, 2.24) is 9.62 Å². The Labute approximate surface area is 254 Å². The molecule has 42 heavy (non-hydrogen) atoms. The summed E-state index contributed by atoms with van der Waals surface area (Å²) >= 11 is 3.26. The van der Waals surface area contributed by atoms with Crippen LogP contribution in [0.4, 0.5) is 8.78 Å². The number of nitrogens with one attached hydrogen (secondary N) is 1. The van der Waals surface area contributed by atoms with Gasteiger partial charge in [0.2, 0.25) is 15.9 Å². The summed E-state index contributed by atoms with van der Waals surface area (Å²) in [5, 5.41) is 0. The van der Waals surface area contributed by atoms with E-state index in [-0.39, 0.29) is 28.8 Å². The van der Waals surface area contributed by atoms with Crippen LogP contribution in [0.15, 0.2) is 51.8 Å². The number of rotatable bonds is 10. The fraction of sp³-hybridized carbons (Fsp3) is 0.567. The van der Waals surface area contributed by atoms with Crippen molar-refractivity contribution in [1.29, 1.82) is 0 Å². The van der Waals surface area contributed by atoms with E-state index in [1.54, 1.807) is 0 Å². The van der Waals surface area contributed by atoms with Gasteiger partial charge in [0.05, 0.1) is 23.1 Å². The van der Waals surface area contributed by atoms with Crippen LogP contribution in [-0.2, 0) is 20.7 Å². The van der Waals surface area contributed by atoms with Crippen LogP contribution in [0, 0.1) is 5.92 Å². The molecule has 1 aliphatic carbocycles. The van der Waals surface area contributed by atoms with Crippen molar-refractivity contribution in [3.05, 3.63) is 52.5 Å². The second-order valence-electron chi connectivity index (χ2n) is 11.7. The average Bonchev–Trinajstić information content (AvgIpc) is 3.25. The second kappa shape index (κ2) is 12.8. The number of hydrogen-bond acceptors (Lipinski definition) is 6. The highest BCUT2D eigenvalue weighted by Crippen LogP contribution is 2.41. The molecule has 5 rings (SSSR count). The molecule has 0 aromatic heterocycles. The fourth-order valence-electron chi connectivity index (χ4n) is 6.55. The molecule has 2 aliphatic heterocycles. The summed E-state index contributed by atoms with van der Waals surface area (Å²) in [6.07, 6.45) is 8.07. The molecule has 2 heterocycles. The number of nitrogens with zero attached hydrogens (tertiary/aromatic N) is 1.